The van der Waals surface area contributed by atoms with Crippen LogP contribution in [0.1, 0.15) is 39.3 Å². The minimum Gasteiger partial charge on any atom is -0.480 e. The molecule has 0 radical (unpaired) electrons. The van der Waals surface area contributed by atoms with Gasteiger partial charge in [0.25, 0.3) is 5.56 Å². The Morgan fingerprint density at radius 2 is 2.24 bits per heavy atom. The molecule has 0 fully saturated rings. The van der Waals surface area contributed by atoms with Crippen LogP contribution in [0, 0.1) is 0 Å². The lowest BCUT2D eigenvalue weighted by atomic mass is 10.2. The van der Waals surface area contributed by atoms with Gasteiger partial charge in [0.15, 0.2) is 5.16 Å². The fourth-order valence-corrected chi connectivity index (χ4v) is 2.79. The highest BCUT2D eigenvalue weighted by Crippen LogP contribution is 2.14. The number of aromatic amines is 1. The van der Waals surface area contributed by atoms with Crippen molar-refractivity contribution < 1.29 is 9.90 Å². The standard InChI is InChI=1S/C14H23N3O3S/c1-4-5-10-8-12(18)17-14(16-10)21-7-6-11(13(19)20)15-9(2)3/h8-9,11,15H,4-7H2,1-3H3,(H,19,20)(H,16,17,18). The lowest BCUT2D eigenvalue weighted by Gasteiger charge is -2.16. The molecule has 0 amide bonds. The van der Waals surface area contributed by atoms with Crippen LogP contribution in [-0.2, 0) is 11.2 Å². The molecule has 1 rings (SSSR count). The predicted octanol–water partition coefficient (Wildman–Crippen LogP) is 1.66. The summed E-state index contributed by atoms with van der Waals surface area (Å²) in [4.78, 5) is 29.7. The summed E-state index contributed by atoms with van der Waals surface area (Å²) in [5.41, 5.74) is 0.616. The molecule has 1 aromatic heterocycles. The quantitative estimate of drug-likeness (QED) is 0.474. The number of H-pyrrole nitrogens is 1. The first-order valence-electron chi connectivity index (χ1n) is 7.14. The molecule has 0 saturated carbocycles. The zero-order valence-electron chi connectivity index (χ0n) is 12.7. The van der Waals surface area contributed by atoms with Crippen LogP contribution < -0.4 is 10.9 Å². The molecule has 1 unspecified atom stereocenters. The molecule has 7 heteroatoms. The number of hydrogen-bond donors (Lipinski definition) is 3. The highest BCUT2D eigenvalue weighted by molar-refractivity contribution is 7.99. The molecular formula is C14H23N3O3S. The fourth-order valence-electron chi connectivity index (χ4n) is 1.89. The highest BCUT2D eigenvalue weighted by Gasteiger charge is 2.17. The molecule has 0 aliphatic heterocycles. The fraction of sp³-hybridized carbons (Fsp3) is 0.643. The zero-order chi connectivity index (χ0) is 15.8. The molecule has 6 nitrogen and oxygen atoms in total. The molecule has 0 aliphatic rings. The maximum absolute atomic E-state index is 11.5. The van der Waals surface area contributed by atoms with Crippen molar-refractivity contribution in [1.29, 1.82) is 0 Å². The van der Waals surface area contributed by atoms with E-state index >= 15 is 0 Å². The van der Waals surface area contributed by atoms with Gasteiger partial charge in [0.05, 0.1) is 0 Å². The second-order valence-electron chi connectivity index (χ2n) is 5.14. The van der Waals surface area contributed by atoms with Crippen LogP contribution in [-0.4, -0.2) is 38.9 Å². The second kappa shape index (κ2) is 8.84. The van der Waals surface area contributed by atoms with E-state index in [-0.39, 0.29) is 11.6 Å². The molecule has 1 atom stereocenters. The van der Waals surface area contributed by atoms with Gasteiger partial charge in [-0.25, -0.2) is 4.98 Å². The Hall–Kier alpha value is -1.34. The van der Waals surface area contributed by atoms with Crippen LogP contribution in [0.3, 0.4) is 0 Å². The van der Waals surface area contributed by atoms with E-state index in [1.807, 2.05) is 20.8 Å². The van der Waals surface area contributed by atoms with Gasteiger partial charge in [0.2, 0.25) is 0 Å². The van der Waals surface area contributed by atoms with Crippen molar-refractivity contribution in [1.82, 2.24) is 15.3 Å². The minimum absolute atomic E-state index is 0.113. The van der Waals surface area contributed by atoms with Crippen molar-refractivity contribution in [2.45, 2.75) is 57.3 Å². The molecule has 0 spiro atoms. The third-order valence-corrected chi connectivity index (χ3v) is 3.66. The number of aliphatic carboxylic acids is 1. The van der Waals surface area contributed by atoms with Crippen LogP contribution in [0.4, 0.5) is 0 Å². The van der Waals surface area contributed by atoms with Crippen molar-refractivity contribution >= 4 is 17.7 Å². The van der Waals surface area contributed by atoms with Gasteiger partial charge < -0.3 is 15.4 Å². The van der Waals surface area contributed by atoms with Crippen molar-refractivity contribution in [3.05, 3.63) is 22.1 Å². The van der Waals surface area contributed by atoms with Gasteiger partial charge in [0.1, 0.15) is 6.04 Å². The van der Waals surface area contributed by atoms with Crippen LogP contribution in [0.25, 0.3) is 0 Å². The van der Waals surface area contributed by atoms with Crippen molar-refractivity contribution in [2.24, 2.45) is 0 Å². The van der Waals surface area contributed by atoms with Gasteiger partial charge in [-0.05, 0) is 12.8 Å². The van der Waals surface area contributed by atoms with E-state index in [4.69, 9.17) is 5.11 Å². The number of carbonyl (C=O) groups is 1. The van der Waals surface area contributed by atoms with Crippen LogP contribution in [0.15, 0.2) is 16.0 Å². The van der Waals surface area contributed by atoms with E-state index in [0.717, 1.165) is 18.5 Å². The number of carboxylic acid groups (broad SMARTS) is 1. The maximum atomic E-state index is 11.5. The van der Waals surface area contributed by atoms with E-state index in [1.165, 1.54) is 17.8 Å². The molecule has 1 aromatic rings. The Balaban J connectivity index is 2.58. The van der Waals surface area contributed by atoms with Crippen LogP contribution >= 0.6 is 11.8 Å². The SMILES string of the molecule is CCCc1cc(=O)[nH]c(SCCC(NC(C)C)C(=O)O)n1. The summed E-state index contributed by atoms with van der Waals surface area (Å²) in [5, 5.41) is 12.7. The van der Waals surface area contributed by atoms with E-state index < -0.39 is 12.0 Å². The van der Waals surface area contributed by atoms with E-state index in [1.54, 1.807) is 0 Å². The Kier molecular flexibility index (Phi) is 7.45. The van der Waals surface area contributed by atoms with Crippen molar-refractivity contribution in [3.8, 4) is 0 Å². The molecular weight excluding hydrogens is 290 g/mol. The Bertz CT molecular complexity index is 516. The number of rotatable bonds is 9. The predicted molar refractivity (Wildman–Crippen MR) is 83.9 cm³/mol. The average molecular weight is 313 g/mol. The van der Waals surface area contributed by atoms with Gasteiger partial charge in [-0.1, -0.05) is 39.0 Å². The third-order valence-electron chi connectivity index (χ3n) is 2.76. The normalized spacial score (nSPS) is 12.6. The largest absolute Gasteiger partial charge is 0.480 e. The first kappa shape index (κ1) is 17.7. The Labute approximate surface area is 128 Å². The van der Waals surface area contributed by atoms with Gasteiger partial charge in [-0.2, -0.15) is 0 Å². The van der Waals surface area contributed by atoms with Gasteiger partial charge in [-0.3, -0.25) is 9.59 Å². The molecule has 0 saturated heterocycles. The number of hydrogen-bond acceptors (Lipinski definition) is 5. The highest BCUT2D eigenvalue weighted by atomic mass is 32.2. The average Bonchev–Trinajstić information content (AvgIpc) is 2.36. The first-order chi connectivity index (χ1) is 9.92. The van der Waals surface area contributed by atoms with E-state index in [9.17, 15) is 9.59 Å². The maximum Gasteiger partial charge on any atom is 0.320 e. The summed E-state index contributed by atoms with van der Waals surface area (Å²) in [5.74, 6) is -0.277. The second-order valence-corrected chi connectivity index (χ2v) is 6.22. The number of carboxylic acids is 1. The molecule has 0 bridgehead atoms. The van der Waals surface area contributed by atoms with E-state index in [2.05, 4.69) is 15.3 Å². The first-order valence-corrected chi connectivity index (χ1v) is 8.12. The van der Waals surface area contributed by atoms with Crippen molar-refractivity contribution in [2.75, 3.05) is 5.75 Å². The summed E-state index contributed by atoms with van der Waals surface area (Å²) >= 11 is 1.38. The Morgan fingerprint density at radius 1 is 1.52 bits per heavy atom. The summed E-state index contributed by atoms with van der Waals surface area (Å²) in [6, 6.07) is 1.04. The van der Waals surface area contributed by atoms with E-state index in [0.29, 0.717) is 17.3 Å². The summed E-state index contributed by atoms with van der Waals surface area (Å²) in [6.07, 6.45) is 2.17. The molecule has 1 heterocycles. The van der Waals surface area contributed by atoms with Crippen LogP contribution in [0.5, 0.6) is 0 Å². The number of nitrogens with zero attached hydrogens (tertiary/aromatic N) is 1. The topological polar surface area (TPSA) is 95.1 Å². The van der Waals surface area contributed by atoms with Gasteiger partial charge in [-0.15, -0.1) is 0 Å². The summed E-state index contributed by atoms with van der Waals surface area (Å²) in [6.45, 7) is 5.86. The summed E-state index contributed by atoms with van der Waals surface area (Å²) < 4.78 is 0. The summed E-state index contributed by atoms with van der Waals surface area (Å²) in [7, 11) is 0. The third kappa shape index (κ3) is 6.77. The molecule has 0 aliphatic carbocycles. The number of aryl methyl sites for hydroxylation is 1. The lowest BCUT2D eigenvalue weighted by Crippen LogP contribution is -2.41. The molecule has 21 heavy (non-hydrogen) atoms. The number of nitrogens with one attached hydrogen (secondary N) is 2. The van der Waals surface area contributed by atoms with Gasteiger partial charge in [0, 0.05) is 23.6 Å². The smallest absolute Gasteiger partial charge is 0.320 e. The molecule has 0 aromatic carbocycles. The minimum atomic E-state index is -0.856. The monoisotopic (exact) mass is 313 g/mol. The number of thioether (sulfide) groups is 1. The molecule has 3 N–H and O–H groups in total. The lowest BCUT2D eigenvalue weighted by molar-refractivity contribution is -0.139. The molecule has 118 valence electrons. The van der Waals surface area contributed by atoms with Crippen LogP contribution in [0.2, 0.25) is 0 Å². The number of aromatic nitrogens is 2. The zero-order valence-corrected chi connectivity index (χ0v) is 13.5. The van der Waals surface area contributed by atoms with Crippen molar-refractivity contribution in [3.63, 3.8) is 0 Å². The Morgan fingerprint density at radius 3 is 2.81 bits per heavy atom. The van der Waals surface area contributed by atoms with Gasteiger partial charge >= 0.3 is 5.97 Å².